The van der Waals surface area contributed by atoms with Crippen molar-refractivity contribution in [2.45, 2.75) is 64.0 Å². The first-order valence-electron chi connectivity index (χ1n) is 8.18. The molecule has 3 unspecified atom stereocenters. The number of hydrogen-bond donors (Lipinski definition) is 1. The van der Waals surface area contributed by atoms with E-state index in [1.807, 2.05) is 0 Å². The van der Waals surface area contributed by atoms with E-state index < -0.39 is 0 Å². The molecule has 110 valence electrons. The van der Waals surface area contributed by atoms with E-state index in [2.05, 4.69) is 18.7 Å². The van der Waals surface area contributed by atoms with Crippen molar-refractivity contribution in [2.75, 3.05) is 26.2 Å². The number of ether oxygens (including phenoxy) is 1. The molecule has 2 heterocycles. The Morgan fingerprint density at radius 1 is 1.11 bits per heavy atom. The maximum Gasteiger partial charge on any atom is 0.0690 e. The van der Waals surface area contributed by atoms with Gasteiger partial charge in [0.05, 0.1) is 6.10 Å². The molecule has 0 radical (unpaired) electrons. The SMILES string of the molecule is CC1(C)C2OCCCC2C1(N)CN1CCCCCC1. The van der Waals surface area contributed by atoms with Crippen molar-refractivity contribution < 1.29 is 4.74 Å². The molecule has 0 aromatic rings. The van der Waals surface area contributed by atoms with Crippen molar-refractivity contribution in [3.05, 3.63) is 0 Å². The smallest absolute Gasteiger partial charge is 0.0690 e. The molecule has 19 heavy (non-hydrogen) atoms. The summed E-state index contributed by atoms with van der Waals surface area (Å²) < 4.78 is 6.00. The number of hydrogen-bond acceptors (Lipinski definition) is 3. The molecule has 1 saturated carbocycles. The van der Waals surface area contributed by atoms with Gasteiger partial charge in [0.1, 0.15) is 0 Å². The molecule has 3 fully saturated rings. The monoisotopic (exact) mass is 266 g/mol. The van der Waals surface area contributed by atoms with Gasteiger partial charge < -0.3 is 15.4 Å². The summed E-state index contributed by atoms with van der Waals surface area (Å²) >= 11 is 0. The van der Waals surface area contributed by atoms with E-state index in [1.54, 1.807) is 0 Å². The highest BCUT2D eigenvalue weighted by molar-refractivity contribution is 5.20. The summed E-state index contributed by atoms with van der Waals surface area (Å²) in [5.74, 6) is 0.583. The first-order valence-corrected chi connectivity index (χ1v) is 8.18. The molecule has 0 spiro atoms. The van der Waals surface area contributed by atoms with Crippen molar-refractivity contribution in [3.63, 3.8) is 0 Å². The Kier molecular flexibility index (Phi) is 3.65. The first-order chi connectivity index (χ1) is 9.06. The van der Waals surface area contributed by atoms with Crippen LogP contribution >= 0.6 is 0 Å². The Morgan fingerprint density at radius 2 is 1.79 bits per heavy atom. The molecule has 3 atom stereocenters. The van der Waals surface area contributed by atoms with Crippen LogP contribution < -0.4 is 5.73 Å². The Bertz CT molecular complexity index is 323. The fourth-order valence-corrected chi connectivity index (χ4v) is 4.65. The van der Waals surface area contributed by atoms with Crippen LogP contribution in [0.1, 0.15) is 52.4 Å². The van der Waals surface area contributed by atoms with Crippen LogP contribution in [-0.4, -0.2) is 42.8 Å². The van der Waals surface area contributed by atoms with E-state index in [0.29, 0.717) is 12.0 Å². The van der Waals surface area contributed by atoms with E-state index in [9.17, 15) is 0 Å². The third kappa shape index (κ3) is 2.14. The maximum absolute atomic E-state index is 6.90. The molecule has 3 heteroatoms. The summed E-state index contributed by atoms with van der Waals surface area (Å²) in [6, 6.07) is 0. The lowest BCUT2D eigenvalue weighted by molar-refractivity contribution is -0.232. The molecule has 3 rings (SSSR count). The number of rotatable bonds is 2. The average molecular weight is 266 g/mol. The van der Waals surface area contributed by atoms with Crippen molar-refractivity contribution in [2.24, 2.45) is 17.1 Å². The Morgan fingerprint density at radius 3 is 2.47 bits per heavy atom. The molecule has 0 bridgehead atoms. The van der Waals surface area contributed by atoms with Gasteiger partial charge in [0.2, 0.25) is 0 Å². The molecular weight excluding hydrogens is 236 g/mol. The van der Waals surface area contributed by atoms with Crippen molar-refractivity contribution >= 4 is 0 Å². The van der Waals surface area contributed by atoms with Crippen LogP contribution in [0.25, 0.3) is 0 Å². The van der Waals surface area contributed by atoms with E-state index in [4.69, 9.17) is 10.5 Å². The number of nitrogens with zero attached hydrogens (tertiary/aromatic N) is 1. The van der Waals surface area contributed by atoms with Crippen molar-refractivity contribution in [3.8, 4) is 0 Å². The minimum Gasteiger partial charge on any atom is -0.377 e. The number of nitrogens with two attached hydrogens (primary N) is 1. The van der Waals surface area contributed by atoms with Gasteiger partial charge in [0, 0.05) is 30.0 Å². The van der Waals surface area contributed by atoms with Gasteiger partial charge >= 0.3 is 0 Å². The predicted molar refractivity (Wildman–Crippen MR) is 78.1 cm³/mol. The third-order valence-electron chi connectivity index (χ3n) is 6.08. The third-order valence-corrected chi connectivity index (χ3v) is 6.08. The van der Waals surface area contributed by atoms with E-state index in [0.717, 1.165) is 13.2 Å². The summed E-state index contributed by atoms with van der Waals surface area (Å²) in [7, 11) is 0. The molecule has 0 amide bonds. The molecule has 0 aromatic carbocycles. The van der Waals surface area contributed by atoms with Gasteiger partial charge in [-0.1, -0.05) is 26.7 Å². The minimum absolute atomic E-state index is 0.0393. The fourth-order valence-electron chi connectivity index (χ4n) is 4.65. The molecule has 1 aliphatic carbocycles. The van der Waals surface area contributed by atoms with Gasteiger partial charge in [0.25, 0.3) is 0 Å². The quantitative estimate of drug-likeness (QED) is 0.834. The number of fused-ring (bicyclic) bond motifs is 1. The summed E-state index contributed by atoms with van der Waals surface area (Å²) in [5, 5.41) is 0. The van der Waals surface area contributed by atoms with Crippen molar-refractivity contribution in [1.82, 2.24) is 4.90 Å². The zero-order valence-electron chi connectivity index (χ0n) is 12.7. The Labute approximate surface area is 117 Å². The lowest BCUT2D eigenvalue weighted by Crippen LogP contribution is -2.80. The number of likely N-dealkylation sites (tertiary alicyclic amines) is 1. The summed E-state index contributed by atoms with van der Waals surface area (Å²) in [5.41, 5.74) is 6.99. The Balaban J connectivity index is 1.70. The lowest BCUT2D eigenvalue weighted by atomic mass is 9.46. The molecule has 2 aliphatic heterocycles. The van der Waals surface area contributed by atoms with E-state index >= 15 is 0 Å². The highest BCUT2D eigenvalue weighted by Gasteiger charge is 2.66. The zero-order valence-corrected chi connectivity index (χ0v) is 12.7. The van der Waals surface area contributed by atoms with Crippen LogP contribution in [-0.2, 0) is 4.74 Å². The minimum atomic E-state index is -0.0393. The van der Waals surface area contributed by atoms with E-state index in [-0.39, 0.29) is 11.0 Å². The van der Waals surface area contributed by atoms with E-state index in [1.165, 1.54) is 51.6 Å². The van der Waals surface area contributed by atoms with Crippen LogP contribution in [0, 0.1) is 11.3 Å². The normalized spacial score (nSPS) is 43.1. The first kappa shape index (κ1) is 13.8. The molecule has 0 aromatic heterocycles. The van der Waals surface area contributed by atoms with Crippen molar-refractivity contribution in [1.29, 1.82) is 0 Å². The van der Waals surface area contributed by atoms with Gasteiger partial charge in [-0.25, -0.2) is 0 Å². The lowest BCUT2D eigenvalue weighted by Gasteiger charge is -2.67. The van der Waals surface area contributed by atoms with Gasteiger partial charge in [-0.2, -0.15) is 0 Å². The topological polar surface area (TPSA) is 38.5 Å². The standard InChI is InChI=1S/C16H30N2O/c1-15(2)14-13(8-7-11-19-14)16(15,17)12-18-9-5-3-4-6-10-18/h13-14H,3-12,17H2,1-2H3. The Hall–Kier alpha value is -0.120. The van der Waals surface area contributed by atoms with Crippen LogP contribution in [0.15, 0.2) is 0 Å². The van der Waals surface area contributed by atoms with Crippen LogP contribution in [0.5, 0.6) is 0 Å². The van der Waals surface area contributed by atoms with Gasteiger partial charge in [-0.15, -0.1) is 0 Å². The van der Waals surface area contributed by atoms with Gasteiger partial charge in [-0.05, 0) is 38.8 Å². The second-order valence-corrected chi connectivity index (χ2v) is 7.49. The highest BCUT2D eigenvalue weighted by atomic mass is 16.5. The average Bonchev–Trinajstić information content (AvgIpc) is 2.67. The maximum atomic E-state index is 6.90. The summed E-state index contributed by atoms with van der Waals surface area (Å²) in [6.07, 6.45) is 8.34. The second kappa shape index (κ2) is 5.01. The zero-order chi connectivity index (χ0) is 13.5. The molecule has 2 saturated heterocycles. The van der Waals surface area contributed by atoms with Gasteiger partial charge in [-0.3, -0.25) is 0 Å². The summed E-state index contributed by atoms with van der Waals surface area (Å²) in [4.78, 5) is 2.62. The molecular formula is C16H30N2O. The predicted octanol–water partition coefficient (Wildman–Crippen LogP) is 2.39. The van der Waals surface area contributed by atoms with Crippen LogP contribution in [0.4, 0.5) is 0 Å². The largest absolute Gasteiger partial charge is 0.377 e. The molecule has 3 aliphatic rings. The highest BCUT2D eigenvalue weighted by Crippen LogP contribution is 2.57. The summed E-state index contributed by atoms with van der Waals surface area (Å²) in [6.45, 7) is 9.13. The van der Waals surface area contributed by atoms with Crippen LogP contribution in [0.3, 0.4) is 0 Å². The second-order valence-electron chi connectivity index (χ2n) is 7.49. The fraction of sp³-hybridized carbons (Fsp3) is 1.00. The van der Waals surface area contributed by atoms with Crippen LogP contribution in [0.2, 0.25) is 0 Å². The molecule has 2 N–H and O–H groups in total. The molecule has 3 nitrogen and oxygen atoms in total. The van der Waals surface area contributed by atoms with Gasteiger partial charge in [0.15, 0.2) is 0 Å².